The second-order valence-corrected chi connectivity index (χ2v) is 5.05. The van der Waals surface area contributed by atoms with Crippen LogP contribution in [0.4, 0.5) is 24.5 Å². The third kappa shape index (κ3) is 3.43. The van der Waals surface area contributed by atoms with Gasteiger partial charge in [-0.25, -0.2) is 0 Å². The predicted octanol–water partition coefficient (Wildman–Crippen LogP) is 4.34. The highest BCUT2D eigenvalue weighted by Gasteiger charge is 2.31. The smallest absolute Gasteiger partial charge is 0.406 e. The molecule has 1 N–H and O–H groups in total. The summed E-state index contributed by atoms with van der Waals surface area (Å²) in [5.41, 5.74) is 2.25. The normalized spacial score (nSPS) is 16.2. The average Bonchev–Trinajstić information content (AvgIpc) is 2.55. The van der Waals surface area contributed by atoms with Gasteiger partial charge in [0.25, 0.3) is 0 Å². The van der Waals surface area contributed by atoms with Gasteiger partial charge in [0.05, 0.1) is 5.69 Å². The number of hydrogen-bond acceptors (Lipinski definition) is 4. The van der Waals surface area contributed by atoms with E-state index in [0.29, 0.717) is 5.69 Å². The molecule has 1 aliphatic rings. The number of ether oxygens (including phenoxy) is 1. The van der Waals surface area contributed by atoms with Gasteiger partial charge in [-0.05, 0) is 42.0 Å². The topological polar surface area (TPSA) is 48.3 Å². The third-order valence-corrected chi connectivity index (χ3v) is 3.44. The van der Waals surface area contributed by atoms with Crippen molar-refractivity contribution in [1.82, 2.24) is 0 Å². The molecule has 1 atom stereocenters. The van der Waals surface area contributed by atoms with E-state index in [9.17, 15) is 18.4 Å². The van der Waals surface area contributed by atoms with Crippen molar-refractivity contribution in [3.63, 3.8) is 0 Å². The van der Waals surface area contributed by atoms with Crippen LogP contribution in [0, 0.1) is 11.5 Å². The lowest BCUT2D eigenvalue weighted by atomic mass is 10.1. The predicted molar refractivity (Wildman–Crippen MR) is 84.1 cm³/mol. The number of alkyl halides is 3. The molecule has 0 fully saturated rings. The van der Waals surface area contributed by atoms with Crippen LogP contribution < -0.4 is 15.0 Å². The SMILES string of the molecule is N#CN1c2ccccc2C=CC1Nc1ccc(OC(F)(F)F)cc1. The van der Waals surface area contributed by atoms with Crippen LogP contribution in [-0.2, 0) is 0 Å². The van der Waals surface area contributed by atoms with Crippen molar-refractivity contribution in [2.45, 2.75) is 12.5 Å². The first-order valence-corrected chi connectivity index (χ1v) is 7.05. The van der Waals surface area contributed by atoms with Crippen molar-refractivity contribution < 1.29 is 17.9 Å². The molecule has 0 aliphatic carbocycles. The summed E-state index contributed by atoms with van der Waals surface area (Å²) in [4.78, 5) is 1.50. The summed E-state index contributed by atoms with van der Waals surface area (Å²) >= 11 is 0. The summed E-state index contributed by atoms with van der Waals surface area (Å²) in [7, 11) is 0. The van der Waals surface area contributed by atoms with Gasteiger partial charge in [0, 0.05) is 5.69 Å². The highest BCUT2D eigenvalue weighted by atomic mass is 19.4. The Bertz CT molecular complexity index is 794. The lowest BCUT2D eigenvalue weighted by Gasteiger charge is -2.30. The molecule has 0 saturated heterocycles. The zero-order chi connectivity index (χ0) is 17.2. The summed E-state index contributed by atoms with van der Waals surface area (Å²) in [5, 5.41) is 12.5. The Morgan fingerprint density at radius 1 is 1.08 bits per heavy atom. The molecule has 0 amide bonds. The first-order chi connectivity index (χ1) is 11.5. The lowest BCUT2D eigenvalue weighted by molar-refractivity contribution is -0.274. The summed E-state index contributed by atoms with van der Waals surface area (Å²) in [6.45, 7) is 0. The van der Waals surface area contributed by atoms with E-state index in [1.165, 1.54) is 29.2 Å². The van der Waals surface area contributed by atoms with Crippen LogP contribution in [0.25, 0.3) is 6.08 Å². The third-order valence-electron chi connectivity index (χ3n) is 3.44. The first kappa shape index (κ1) is 15.7. The molecule has 0 saturated carbocycles. The van der Waals surface area contributed by atoms with Crippen molar-refractivity contribution in [2.75, 3.05) is 10.2 Å². The minimum Gasteiger partial charge on any atom is -0.406 e. The molecule has 1 heterocycles. The second kappa shape index (κ2) is 6.16. The highest BCUT2D eigenvalue weighted by Crippen LogP contribution is 2.29. The number of nitrogens with one attached hydrogen (secondary N) is 1. The molecule has 122 valence electrons. The lowest BCUT2D eigenvalue weighted by Crippen LogP contribution is -2.38. The van der Waals surface area contributed by atoms with Gasteiger partial charge in [-0.2, -0.15) is 5.26 Å². The minimum atomic E-state index is -4.72. The van der Waals surface area contributed by atoms with Gasteiger partial charge in [-0.15, -0.1) is 13.2 Å². The maximum atomic E-state index is 12.2. The standard InChI is InChI=1S/C17H12F3N3O/c18-17(19,20)24-14-8-6-13(7-9-14)22-16-10-5-12-3-1-2-4-15(12)23(16)11-21/h1-10,16,22H. The van der Waals surface area contributed by atoms with Gasteiger partial charge in [-0.3, -0.25) is 4.90 Å². The fourth-order valence-corrected chi connectivity index (χ4v) is 2.43. The van der Waals surface area contributed by atoms with Crippen molar-refractivity contribution in [1.29, 1.82) is 5.26 Å². The van der Waals surface area contributed by atoms with Gasteiger partial charge in [0.15, 0.2) is 6.19 Å². The molecule has 0 spiro atoms. The van der Waals surface area contributed by atoms with E-state index in [4.69, 9.17) is 0 Å². The van der Waals surface area contributed by atoms with E-state index in [1.54, 1.807) is 0 Å². The Labute approximate surface area is 136 Å². The van der Waals surface area contributed by atoms with Crippen molar-refractivity contribution >= 4 is 17.5 Å². The molecule has 7 heteroatoms. The fourth-order valence-electron chi connectivity index (χ4n) is 2.43. The number of para-hydroxylation sites is 1. The molecule has 4 nitrogen and oxygen atoms in total. The Morgan fingerprint density at radius 3 is 2.46 bits per heavy atom. The average molecular weight is 331 g/mol. The number of nitrogens with zero attached hydrogens (tertiary/aromatic N) is 2. The van der Waals surface area contributed by atoms with Gasteiger partial charge < -0.3 is 10.1 Å². The monoisotopic (exact) mass is 331 g/mol. The summed E-state index contributed by atoms with van der Waals surface area (Å²) in [6.07, 6.45) is 0.670. The first-order valence-electron chi connectivity index (χ1n) is 7.05. The molecular formula is C17H12F3N3O. The number of rotatable bonds is 3. The molecule has 1 unspecified atom stereocenters. The van der Waals surface area contributed by atoms with E-state index in [0.717, 1.165) is 11.3 Å². The van der Waals surface area contributed by atoms with Crippen LogP contribution >= 0.6 is 0 Å². The highest BCUT2D eigenvalue weighted by molar-refractivity contribution is 5.75. The van der Waals surface area contributed by atoms with Crippen LogP contribution in [0.2, 0.25) is 0 Å². The van der Waals surface area contributed by atoms with Gasteiger partial charge in [-0.1, -0.05) is 24.3 Å². The van der Waals surface area contributed by atoms with E-state index in [-0.39, 0.29) is 5.75 Å². The zero-order valence-electron chi connectivity index (χ0n) is 12.3. The minimum absolute atomic E-state index is 0.297. The Kier molecular flexibility index (Phi) is 4.04. The Morgan fingerprint density at radius 2 is 1.79 bits per heavy atom. The van der Waals surface area contributed by atoms with Crippen molar-refractivity contribution in [3.8, 4) is 11.9 Å². The zero-order valence-corrected chi connectivity index (χ0v) is 12.3. The number of fused-ring (bicyclic) bond motifs is 1. The fraction of sp³-hybridized carbons (Fsp3) is 0.118. The molecule has 2 aromatic rings. The Balaban J connectivity index is 1.76. The molecular weight excluding hydrogens is 319 g/mol. The van der Waals surface area contributed by atoms with E-state index in [1.807, 2.05) is 36.4 Å². The summed E-state index contributed by atoms with van der Waals surface area (Å²) in [6, 6.07) is 12.8. The van der Waals surface area contributed by atoms with Crippen molar-refractivity contribution in [3.05, 3.63) is 60.2 Å². The van der Waals surface area contributed by atoms with Crippen LogP contribution in [-0.4, -0.2) is 12.5 Å². The molecule has 3 rings (SSSR count). The maximum absolute atomic E-state index is 12.2. The number of anilines is 2. The van der Waals surface area contributed by atoms with Crippen LogP contribution in [0.3, 0.4) is 0 Å². The molecule has 1 aliphatic heterocycles. The summed E-state index contributed by atoms with van der Waals surface area (Å²) < 4.78 is 40.3. The van der Waals surface area contributed by atoms with Crippen LogP contribution in [0.1, 0.15) is 5.56 Å². The van der Waals surface area contributed by atoms with Crippen molar-refractivity contribution in [2.24, 2.45) is 0 Å². The van der Waals surface area contributed by atoms with Crippen LogP contribution in [0.15, 0.2) is 54.6 Å². The van der Waals surface area contributed by atoms with E-state index < -0.39 is 12.5 Å². The quantitative estimate of drug-likeness (QED) is 0.850. The number of hydrogen-bond donors (Lipinski definition) is 1. The number of nitriles is 1. The summed E-state index contributed by atoms with van der Waals surface area (Å²) in [5.74, 6) is -0.297. The van der Waals surface area contributed by atoms with Crippen LogP contribution in [0.5, 0.6) is 5.75 Å². The maximum Gasteiger partial charge on any atom is 0.573 e. The van der Waals surface area contributed by atoms with Gasteiger partial charge >= 0.3 is 6.36 Å². The second-order valence-electron chi connectivity index (χ2n) is 5.05. The van der Waals surface area contributed by atoms with E-state index in [2.05, 4.69) is 16.2 Å². The largest absolute Gasteiger partial charge is 0.573 e. The molecule has 0 bridgehead atoms. The molecule has 0 aromatic heterocycles. The Hall–Kier alpha value is -3.14. The molecule has 2 aromatic carbocycles. The van der Waals surface area contributed by atoms with Gasteiger partial charge in [0.2, 0.25) is 0 Å². The van der Waals surface area contributed by atoms with Gasteiger partial charge in [0.1, 0.15) is 11.9 Å². The molecule has 0 radical (unpaired) electrons. The number of halogens is 3. The molecule has 24 heavy (non-hydrogen) atoms. The number of benzene rings is 2. The van der Waals surface area contributed by atoms with E-state index >= 15 is 0 Å².